The fourth-order valence-corrected chi connectivity index (χ4v) is 2.11. The van der Waals surface area contributed by atoms with Crippen molar-refractivity contribution >= 4 is 5.91 Å². The van der Waals surface area contributed by atoms with Crippen LogP contribution in [0.1, 0.15) is 29.5 Å². The predicted molar refractivity (Wildman–Crippen MR) is 74.0 cm³/mol. The number of ether oxygens (including phenoxy) is 1. The average Bonchev–Trinajstić information content (AvgIpc) is 2.36. The summed E-state index contributed by atoms with van der Waals surface area (Å²) in [4.78, 5) is 11.4. The maximum Gasteiger partial charge on any atom is 0.221 e. The standard InChI is InChI=1S/C15H20N2O2/c1-11-9-12(2)15(19-3)13(10-11)6-8-17-14(18)5-4-7-16/h9-10H,4-6,8H2,1-3H3,(H,17,18). The molecule has 1 aromatic carbocycles. The van der Waals surface area contributed by atoms with Gasteiger partial charge >= 0.3 is 0 Å². The van der Waals surface area contributed by atoms with E-state index < -0.39 is 0 Å². The lowest BCUT2D eigenvalue weighted by atomic mass is 10.0. The predicted octanol–water partition coefficient (Wildman–Crippen LogP) is 2.27. The molecule has 1 amide bonds. The van der Waals surface area contributed by atoms with Gasteiger partial charge in [0.15, 0.2) is 0 Å². The lowest BCUT2D eigenvalue weighted by molar-refractivity contribution is -0.120. The smallest absolute Gasteiger partial charge is 0.221 e. The minimum Gasteiger partial charge on any atom is -0.496 e. The van der Waals surface area contributed by atoms with Gasteiger partial charge in [-0.05, 0) is 31.4 Å². The van der Waals surface area contributed by atoms with Crippen LogP contribution >= 0.6 is 0 Å². The maximum atomic E-state index is 11.4. The highest BCUT2D eigenvalue weighted by Crippen LogP contribution is 2.25. The summed E-state index contributed by atoms with van der Waals surface area (Å²) in [5.74, 6) is 0.807. The zero-order valence-electron chi connectivity index (χ0n) is 11.7. The van der Waals surface area contributed by atoms with Gasteiger partial charge in [-0.15, -0.1) is 0 Å². The quantitative estimate of drug-likeness (QED) is 0.853. The van der Waals surface area contributed by atoms with Crippen molar-refractivity contribution in [3.63, 3.8) is 0 Å². The molecule has 0 bridgehead atoms. The van der Waals surface area contributed by atoms with E-state index in [1.807, 2.05) is 19.9 Å². The molecule has 1 aromatic rings. The van der Waals surface area contributed by atoms with Crippen LogP contribution in [0.3, 0.4) is 0 Å². The van der Waals surface area contributed by atoms with Crippen molar-refractivity contribution in [1.82, 2.24) is 5.32 Å². The van der Waals surface area contributed by atoms with Crippen molar-refractivity contribution in [2.24, 2.45) is 0 Å². The van der Waals surface area contributed by atoms with Gasteiger partial charge in [0.05, 0.1) is 13.2 Å². The topological polar surface area (TPSA) is 62.1 Å². The fraction of sp³-hybridized carbons (Fsp3) is 0.467. The van der Waals surface area contributed by atoms with Crippen LogP contribution in [0.25, 0.3) is 0 Å². The van der Waals surface area contributed by atoms with E-state index >= 15 is 0 Å². The Balaban J connectivity index is 2.58. The zero-order chi connectivity index (χ0) is 14.3. The molecule has 0 aliphatic heterocycles. The van der Waals surface area contributed by atoms with E-state index in [0.29, 0.717) is 6.54 Å². The molecule has 0 aliphatic rings. The van der Waals surface area contributed by atoms with Crippen LogP contribution < -0.4 is 10.1 Å². The number of carbonyl (C=O) groups is 1. The van der Waals surface area contributed by atoms with Crippen LogP contribution in [0.15, 0.2) is 12.1 Å². The van der Waals surface area contributed by atoms with Crippen LogP contribution in [0.5, 0.6) is 5.75 Å². The Morgan fingerprint density at radius 3 is 2.79 bits per heavy atom. The fourth-order valence-electron chi connectivity index (χ4n) is 2.11. The number of carbonyl (C=O) groups excluding carboxylic acids is 1. The first-order valence-electron chi connectivity index (χ1n) is 6.36. The second kappa shape index (κ2) is 7.42. The molecule has 0 spiro atoms. The van der Waals surface area contributed by atoms with Gasteiger partial charge in [-0.25, -0.2) is 0 Å². The summed E-state index contributed by atoms with van der Waals surface area (Å²) < 4.78 is 5.40. The summed E-state index contributed by atoms with van der Waals surface area (Å²) in [6.07, 6.45) is 1.25. The van der Waals surface area contributed by atoms with E-state index in [2.05, 4.69) is 17.4 Å². The number of nitriles is 1. The molecule has 0 fully saturated rings. The lowest BCUT2D eigenvalue weighted by Crippen LogP contribution is -2.25. The third-order valence-electron chi connectivity index (χ3n) is 2.88. The van der Waals surface area contributed by atoms with Crippen LogP contribution in [-0.2, 0) is 11.2 Å². The van der Waals surface area contributed by atoms with Crippen molar-refractivity contribution in [2.45, 2.75) is 33.1 Å². The summed E-state index contributed by atoms with van der Waals surface area (Å²) >= 11 is 0. The second-order valence-electron chi connectivity index (χ2n) is 4.53. The Bertz CT molecular complexity index is 490. The number of nitrogens with one attached hydrogen (secondary N) is 1. The molecule has 4 nitrogen and oxygen atoms in total. The molecule has 0 heterocycles. The molecule has 4 heteroatoms. The van der Waals surface area contributed by atoms with Crippen LogP contribution in [0, 0.1) is 25.2 Å². The van der Waals surface area contributed by atoms with Gasteiger partial charge < -0.3 is 10.1 Å². The normalized spacial score (nSPS) is 9.79. The Morgan fingerprint density at radius 1 is 1.42 bits per heavy atom. The van der Waals surface area contributed by atoms with Crippen LogP contribution in [-0.4, -0.2) is 19.6 Å². The molecule has 0 atom stereocenters. The molecule has 0 saturated carbocycles. The van der Waals surface area contributed by atoms with E-state index in [-0.39, 0.29) is 18.7 Å². The van der Waals surface area contributed by atoms with Gasteiger partial charge in [-0.2, -0.15) is 5.26 Å². The van der Waals surface area contributed by atoms with Crippen LogP contribution in [0.4, 0.5) is 0 Å². The number of hydrogen-bond donors (Lipinski definition) is 1. The van der Waals surface area contributed by atoms with E-state index in [9.17, 15) is 4.79 Å². The molecular formula is C15H20N2O2. The summed E-state index contributed by atoms with van der Waals surface area (Å²) in [6.45, 7) is 4.62. The molecule has 19 heavy (non-hydrogen) atoms. The van der Waals surface area contributed by atoms with Gasteiger partial charge in [0.25, 0.3) is 0 Å². The van der Waals surface area contributed by atoms with E-state index in [0.717, 1.165) is 23.3 Å². The molecule has 102 valence electrons. The number of rotatable bonds is 6. The minimum atomic E-state index is -0.0788. The highest BCUT2D eigenvalue weighted by molar-refractivity contribution is 5.76. The molecular weight excluding hydrogens is 240 g/mol. The lowest BCUT2D eigenvalue weighted by Gasteiger charge is -2.13. The molecule has 0 aliphatic carbocycles. The van der Waals surface area contributed by atoms with Crippen LogP contribution in [0.2, 0.25) is 0 Å². The first-order chi connectivity index (χ1) is 9.08. The minimum absolute atomic E-state index is 0.0788. The molecule has 1 rings (SSSR count). The maximum absolute atomic E-state index is 11.4. The number of hydrogen-bond acceptors (Lipinski definition) is 3. The average molecular weight is 260 g/mol. The largest absolute Gasteiger partial charge is 0.496 e. The number of aryl methyl sites for hydroxylation is 2. The summed E-state index contributed by atoms with van der Waals surface area (Å²) in [5, 5.41) is 11.2. The number of amides is 1. The number of nitrogens with zero attached hydrogens (tertiary/aromatic N) is 1. The van der Waals surface area contributed by atoms with Crippen molar-refractivity contribution in [3.8, 4) is 11.8 Å². The highest BCUT2D eigenvalue weighted by atomic mass is 16.5. The van der Waals surface area contributed by atoms with E-state index in [4.69, 9.17) is 10.00 Å². The SMILES string of the molecule is COc1c(C)cc(C)cc1CCNC(=O)CCC#N. The van der Waals surface area contributed by atoms with Crippen molar-refractivity contribution in [1.29, 1.82) is 5.26 Å². The third kappa shape index (κ3) is 4.63. The summed E-state index contributed by atoms with van der Waals surface area (Å²) in [5.41, 5.74) is 3.39. The summed E-state index contributed by atoms with van der Waals surface area (Å²) in [6, 6.07) is 6.11. The molecule has 0 aromatic heterocycles. The van der Waals surface area contributed by atoms with Gasteiger partial charge in [0.1, 0.15) is 5.75 Å². The van der Waals surface area contributed by atoms with Gasteiger partial charge in [0.2, 0.25) is 5.91 Å². The first kappa shape index (κ1) is 15.0. The Labute approximate surface area is 114 Å². The van der Waals surface area contributed by atoms with Crippen molar-refractivity contribution in [3.05, 3.63) is 28.8 Å². The monoisotopic (exact) mass is 260 g/mol. The zero-order valence-corrected chi connectivity index (χ0v) is 11.7. The van der Waals surface area contributed by atoms with Crippen molar-refractivity contribution in [2.75, 3.05) is 13.7 Å². The second-order valence-corrected chi connectivity index (χ2v) is 4.53. The highest BCUT2D eigenvalue weighted by Gasteiger charge is 2.08. The van der Waals surface area contributed by atoms with E-state index in [1.165, 1.54) is 5.56 Å². The summed E-state index contributed by atoms with van der Waals surface area (Å²) in [7, 11) is 1.66. The van der Waals surface area contributed by atoms with Gasteiger partial charge in [-0.3, -0.25) is 4.79 Å². The van der Waals surface area contributed by atoms with Crippen molar-refractivity contribution < 1.29 is 9.53 Å². The molecule has 0 unspecified atom stereocenters. The molecule has 0 saturated heterocycles. The van der Waals surface area contributed by atoms with E-state index in [1.54, 1.807) is 7.11 Å². The Morgan fingerprint density at radius 2 is 2.16 bits per heavy atom. The Kier molecular flexibility index (Phi) is 5.87. The molecule has 1 N–H and O–H groups in total. The number of methoxy groups -OCH3 is 1. The first-order valence-corrected chi connectivity index (χ1v) is 6.36. The number of benzene rings is 1. The van der Waals surface area contributed by atoms with Gasteiger partial charge in [-0.1, -0.05) is 17.7 Å². The third-order valence-corrected chi connectivity index (χ3v) is 2.88. The van der Waals surface area contributed by atoms with Gasteiger partial charge in [0, 0.05) is 19.4 Å². The Hall–Kier alpha value is -2.02. The molecule has 0 radical (unpaired) electrons.